The molecule has 0 radical (unpaired) electrons. The molecule has 1 N–H and O–H groups in total. The van der Waals surface area contributed by atoms with Crippen LogP contribution in [0.25, 0.3) is 5.52 Å². The highest BCUT2D eigenvalue weighted by Gasteiger charge is 2.30. The number of carbonyl (C=O) groups is 1. The van der Waals surface area contributed by atoms with Gasteiger partial charge >= 0.3 is 5.97 Å². The Kier molecular flexibility index (Phi) is 3.45. The number of imidazole rings is 1. The third-order valence-corrected chi connectivity index (χ3v) is 4.34. The molecule has 1 fully saturated rings. The van der Waals surface area contributed by atoms with Crippen molar-refractivity contribution in [3.8, 4) is 0 Å². The Morgan fingerprint density at radius 3 is 2.86 bits per heavy atom. The molecular formula is C16H21N3O2. The van der Waals surface area contributed by atoms with Crippen molar-refractivity contribution in [2.24, 2.45) is 0 Å². The molecule has 0 bridgehead atoms. The number of aryl methyl sites for hydroxylation is 1. The first-order valence-electron chi connectivity index (χ1n) is 7.43. The van der Waals surface area contributed by atoms with Gasteiger partial charge in [0.05, 0.1) is 5.52 Å². The molecule has 1 aliphatic heterocycles. The second-order valence-corrected chi connectivity index (χ2v) is 6.16. The Morgan fingerprint density at radius 2 is 2.24 bits per heavy atom. The number of hydrogen-bond donors (Lipinski definition) is 1. The summed E-state index contributed by atoms with van der Waals surface area (Å²) in [5.74, 6) is 0.226. The Balaban J connectivity index is 2.05. The Hall–Kier alpha value is -1.88. The van der Waals surface area contributed by atoms with Gasteiger partial charge in [-0.1, -0.05) is 0 Å². The number of aromatic carboxylic acids is 1. The van der Waals surface area contributed by atoms with Crippen molar-refractivity contribution < 1.29 is 9.90 Å². The molecule has 1 atom stereocenters. The Bertz CT molecular complexity index is 690. The minimum Gasteiger partial charge on any atom is -0.476 e. The summed E-state index contributed by atoms with van der Waals surface area (Å²) in [7, 11) is 0. The number of pyridine rings is 1. The SMILES string of the molecule is Cc1ccn2c(C3CCN(C(C)C)C3)nc(C(=O)O)c2c1. The number of aromatic nitrogens is 2. The van der Waals surface area contributed by atoms with Crippen LogP contribution in [0, 0.1) is 6.92 Å². The van der Waals surface area contributed by atoms with E-state index in [-0.39, 0.29) is 5.69 Å². The molecular weight excluding hydrogens is 266 g/mol. The van der Waals surface area contributed by atoms with Crippen LogP contribution in [-0.2, 0) is 0 Å². The second kappa shape index (κ2) is 5.15. The van der Waals surface area contributed by atoms with E-state index in [4.69, 9.17) is 0 Å². The third-order valence-electron chi connectivity index (χ3n) is 4.34. The fraction of sp³-hybridized carbons (Fsp3) is 0.500. The van der Waals surface area contributed by atoms with E-state index in [0.29, 0.717) is 17.5 Å². The first-order chi connectivity index (χ1) is 9.97. The lowest BCUT2D eigenvalue weighted by molar-refractivity contribution is 0.0693. The van der Waals surface area contributed by atoms with Crippen LogP contribution in [0.1, 0.15) is 48.1 Å². The van der Waals surface area contributed by atoms with E-state index in [1.807, 2.05) is 29.7 Å². The number of rotatable bonds is 3. The van der Waals surface area contributed by atoms with Gasteiger partial charge in [0.15, 0.2) is 5.69 Å². The summed E-state index contributed by atoms with van der Waals surface area (Å²) >= 11 is 0. The van der Waals surface area contributed by atoms with Crippen LogP contribution in [0.15, 0.2) is 18.3 Å². The molecule has 21 heavy (non-hydrogen) atoms. The minimum atomic E-state index is -0.955. The van der Waals surface area contributed by atoms with Gasteiger partial charge in [0.25, 0.3) is 0 Å². The summed E-state index contributed by atoms with van der Waals surface area (Å²) in [6.07, 6.45) is 2.97. The van der Waals surface area contributed by atoms with Crippen LogP contribution < -0.4 is 0 Å². The van der Waals surface area contributed by atoms with Crippen molar-refractivity contribution in [2.45, 2.75) is 39.2 Å². The van der Waals surface area contributed by atoms with Crippen LogP contribution >= 0.6 is 0 Å². The molecule has 5 heteroatoms. The molecule has 0 amide bonds. The lowest BCUT2D eigenvalue weighted by atomic mass is 10.1. The maximum atomic E-state index is 11.4. The number of nitrogens with zero attached hydrogens (tertiary/aromatic N) is 3. The first-order valence-corrected chi connectivity index (χ1v) is 7.43. The Labute approximate surface area is 124 Å². The van der Waals surface area contributed by atoms with Crippen LogP contribution in [0.4, 0.5) is 0 Å². The van der Waals surface area contributed by atoms with Crippen molar-refractivity contribution in [1.29, 1.82) is 0 Å². The summed E-state index contributed by atoms with van der Waals surface area (Å²) < 4.78 is 1.95. The second-order valence-electron chi connectivity index (χ2n) is 6.16. The Morgan fingerprint density at radius 1 is 1.48 bits per heavy atom. The van der Waals surface area contributed by atoms with Crippen molar-refractivity contribution in [1.82, 2.24) is 14.3 Å². The standard InChI is InChI=1S/C16H21N3O2/c1-10(2)18-6-5-12(9-18)15-17-14(16(20)21)13-8-11(3)4-7-19(13)15/h4,7-8,10,12H,5-6,9H2,1-3H3,(H,20,21). The largest absolute Gasteiger partial charge is 0.476 e. The van der Waals surface area contributed by atoms with Crippen LogP contribution in [0.3, 0.4) is 0 Å². The number of carboxylic acids is 1. The van der Waals surface area contributed by atoms with E-state index in [9.17, 15) is 9.90 Å². The van der Waals surface area contributed by atoms with Gasteiger partial charge < -0.3 is 14.4 Å². The smallest absolute Gasteiger partial charge is 0.356 e. The van der Waals surface area contributed by atoms with Crippen molar-refractivity contribution in [2.75, 3.05) is 13.1 Å². The summed E-state index contributed by atoms with van der Waals surface area (Å²) in [5.41, 5.74) is 1.91. The zero-order valence-corrected chi connectivity index (χ0v) is 12.7. The fourth-order valence-electron chi connectivity index (χ4n) is 3.13. The average Bonchev–Trinajstić information content (AvgIpc) is 3.01. The number of fused-ring (bicyclic) bond motifs is 1. The first kappa shape index (κ1) is 14.1. The van der Waals surface area contributed by atoms with Gasteiger partial charge in [-0.3, -0.25) is 0 Å². The van der Waals surface area contributed by atoms with Crippen LogP contribution in [0.2, 0.25) is 0 Å². The van der Waals surface area contributed by atoms with Gasteiger partial charge in [0.1, 0.15) is 5.82 Å². The fourth-order valence-corrected chi connectivity index (χ4v) is 3.13. The van der Waals surface area contributed by atoms with E-state index >= 15 is 0 Å². The molecule has 112 valence electrons. The van der Waals surface area contributed by atoms with Gasteiger partial charge in [-0.15, -0.1) is 0 Å². The zero-order chi connectivity index (χ0) is 15.1. The third kappa shape index (κ3) is 2.42. The quantitative estimate of drug-likeness (QED) is 0.942. The van der Waals surface area contributed by atoms with Gasteiger partial charge in [-0.2, -0.15) is 0 Å². The summed E-state index contributed by atoms with van der Waals surface area (Å²) in [6.45, 7) is 8.35. The van der Waals surface area contributed by atoms with E-state index in [1.165, 1.54) is 0 Å². The molecule has 1 saturated heterocycles. The molecule has 3 rings (SSSR count). The molecule has 0 spiro atoms. The number of carboxylic acid groups (broad SMARTS) is 1. The van der Waals surface area contributed by atoms with E-state index < -0.39 is 5.97 Å². The van der Waals surface area contributed by atoms with Gasteiger partial charge in [0, 0.05) is 24.7 Å². The van der Waals surface area contributed by atoms with Gasteiger partial charge in [-0.05, 0) is 51.4 Å². The summed E-state index contributed by atoms with van der Waals surface area (Å²) in [5, 5.41) is 9.38. The highest BCUT2D eigenvalue weighted by atomic mass is 16.4. The normalized spacial score (nSPS) is 19.7. The van der Waals surface area contributed by atoms with Crippen molar-refractivity contribution in [3.63, 3.8) is 0 Å². The predicted molar refractivity (Wildman–Crippen MR) is 81.0 cm³/mol. The lowest BCUT2D eigenvalue weighted by Gasteiger charge is -2.19. The monoisotopic (exact) mass is 287 g/mol. The molecule has 0 aliphatic carbocycles. The zero-order valence-electron chi connectivity index (χ0n) is 12.7. The van der Waals surface area contributed by atoms with Crippen LogP contribution in [-0.4, -0.2) is 44.5 Å². The number of hydrogen-bond acceptors (Lipinski definition) is 3. The van der Waals surface area contributed by atoms with Crippen molar-refractivity contribution in [3.05, 3.63) is 35.4 Å². The molecule has 3 heterocycles. The van der Waals surface area contributed by atoms with Crippen molar-refractivity contribution >= 4 is 11.5 Å². The minimum absolute atomic E-state index is 0.164. The summed E-state index contributed by atoms with van der Waals surface area (Å²) in [6, 6.07) is 4.41. The average molecular weight is 287 g/mol. The maximum absolute atomic E-state index is 11.4. The van der Waals surface area contributed by atoms with Gasteiger partial charge in [0.2, 0.25) is 0 Å². The maximum Gasteiger partial charge on any atom is 0.356 e. The molecule has 1 aliphatic rings. The van der Waals surface area contributed by atoms with Crippen LogP contribution in [0.5, 0.6) is 0 Å². The number of likely N-dealkylation sites (tertiary alicyclic amines) is 1. The topological polar surface area (TPSA) is 57.8 Å². The lowest BCUT2D eigenvalue weighted by Crippen LogP contribution is -2.28. The molecule has 2 aromatic heterocycles. The predicted octanol–water partition coefficient (Wildman–Crippen LogP) is 2.54. The molecule has 5 nitrogen and oxygen atoms in total. The van der Waals surface area contributed by atoms with E-state index in [0.717, 1.165) is 30.9 Å². The molecule has 2 aromatic rings. The molecule has 1 unspecified atom stereocenters. The van der Waals surface area contributed by atoms with E-state index in [1.54, 1.807) is 0 Å². The molecule has 0 aromatic carbocycles. The van der Waals surface area contributed by atoms with E-state index in [2.05, 4.69) is 23.7 Å². The highest BCUT2D eigenvalue weighted by molar-refractivity contribution is 5.93. The molecule has 0 saturated carbocycles. The van der Waals surface area contributed by atoms with Gasteiger partial charge in [-0.25, -0.2) is 9.78 Å². The summed E-state index contributed by atoms with van der Waals surface area (Å²) in [4.78, 5) is 18.3. The highest BCUT2D eigenvalue weighted by Crippen LogP contribution is 2.29.